The van der Waals surface area contributed by atoms with E-state index < -0.39 is 0 Å². The zero-order valence-electron chi connectivity index (χ0n) is 9.62. The highest BCUT2D eigenvalue weighted by Crippen LogP contribution is 2.09. The van der Waals surface area contributed by atoms with E-state index in [2.05, 4.69) is 0 Å². The molecule has 0 aliphatic heterocycles. The van der Waals surface area contributed by atoms with Gasteiger partial charge < -0.3 is 5.73 Å². The fraction of sp³-hybridized carbons (Fsp3) is 0. The van der Waals surface area contributed by atoms with E-state index in [1.54, 1.807) is 0 Å². The summed E-state index contributed by atoms with van der Waals surface area (Å²) in [4.78, 5) is 0. The van der Waals surface area contributed by atoms with Gasteiger partial charge in [-0.2, -0.15) is 0 Å². The maximum atomic E-state index is 5.88. The van der Waals surface area contributed by atoms with E-state index in [1.165, 1.54) is 0 Å². The molecule has 0 heterocycles. The molecule has 0 saturated heterocycles. The molecule has 68 valence electrons. The number of rotatable bonds is 0. The third-order valence-corrected chi connectivity index (χ3v) is 3.07. The van der Waals surface area contributed by atoms with Gasteiger partial charge in [0.05, 0.1) is 0 Å². The van der Waals surface area contributed by atoms with Crippen LogP contribution in [0.4, 0.5) is 5.69 Å². The maximum Gasteiger partial charge on any atom is 0.115 e. The van der Waals surface area contributed by atoms with Gasteiger partial charge in [0.25, 0.3) is 0 Å². The molecule has 2 aromatic carbocycles. The molecular formula is C10H2B7N. The summed E-state index contributed by atoms with van der Waals surface area (Å²) < 4.78 is 0. The molecular weight excluding hydrogens is 210 g/mol. The second kappa shape index (κ2) is 4.26. The van der Waals surface area contributed by atoms with Gasteiger partial charge in [-0.05, 0) is 10.8 Å². The quantitative estimate of drug-likeness (QED) is 0.341. The van der Waals surface area contributed by atoms with E-state index in [0.29, 0.717) is 10.8 Å². The molecule has 2 N–H and O–H groups in total. The van der Waals surface area contributed by atoms with Crippen LogP contribution in [0.2, 0.25) is 0 Å². The number of hydrogen-bond acceptors (Lipinski definition) is 1. The van der Waals surface area contributed by atoms with Crippen LogP contribution < -0.4 is 44.0 Å². The highest BCUT2D eigenvalue weighted by molar-refractivity contribution is 6.71. The summed E-state index contributed by atoms with van der Waals surface area (Å²) in [5.74, 6) is 0. The minimum Gasteiger partial charge on any atom is -0.399 e. The fourth-order valence-electron chi connectivity index (χ4n) is 1.95. The Balaban J connectivity index is 3.22. The second-order valence-electron chi connectivity index (χ2n) is 4.06. The summed E-state index contributed by atoms with van der Waals surface area (Å²) in [5, 5.41) is 0.756. The summed E-state index contributed by atoms with van der Waals surface area (Å²) in [5.41, 5.74) is 7.23. The van der Waals surface area contributed by atoms with Crippen LogP contribution in [0.15, 0.2) is 0 Å². The summed E-state index contributed by atoms with van der Waals surface area (Å²) >= 11 is 0. The molecule has 0 amide bonds. The molecule has 0 bridgehead atoms. The fourth-order valence-corrected chi connectivity index (χ4v) is 1.95. The number of anilines is 1. The van der Waals surface area contributed by atoms with Crippen molar-refractivity contribution in [2.24, 2.45) is 0 Å². The Labute approximate surface area is 116 Å². The Morgan fingerprint density at radius 1 is 0.444 bits per heavy atom. The van der Waals surface area contributed by atoms with Crippen molar-refractivity contribution in [1.82, 2.24) is 0 Å². The first-order valence-corrected chi connectivity index (χ1v) is 5.06. The van der Waals surface area contributed by atoms with Crippen LogP contribution in [0.3, 0.4) is 0 Å². The van der Waals surface area contributed by atoms with Gasteiger partial charge in [0.2, 0.25) is 0 Å². The largest absolute Gasteiger partial charge is 0.399 e. The molecule has 0 atom stereocenters. The molecule has 2 aromatic rings. The molecule has 18 heavy (non-hydrogen) atoms. The van der Waals surface area contributed by atoms with Crippen molar-refractivity contribution in [2.45, 2.75) is 0 Å². The summed E-state index contributed by atoms with van der Waals surface area (Å²) in [7, 11) is 40.7. The summed E-state index contributed by atoms with van der Waals surface area (Å²) in [6, 6.07) is 0. The van der Waals surface area contributed by atoms with Crippen molar-refractivity contribution < 1.29 is 0 Å². The van der Waals surface area contributed by atoms with E-state index in [-0.39, 0.29) is 43.9 Å². The highest BCUT2D eigenvalue weighted by Gasteiger charge is 2.14. The normalized spacial score (nSPS) is 10.9. The van der Waals surface area contributed by atoms with Gasteiger partial charge >= 0.3 is 0 Å². The second-order valence-corrected chi connectivity index (χ2v) is 4.06. The zero-order chi connectivity index (χ0) is 13.8. The Morgan fingerprint density at radius 2 is 0.778 bits per heavy atom. The van der Waals surface area contributed by atoms with Crippen LogP contribution in [0.5, 0.6) is 0 Å². The van der Waals surface area contributed by atoms with Crippen molar-refractivity contribution in [1.29, 1.82) is 0 Å². The zero-order valence-corrected chi connectivity index (χ0v) is 9.62. The number of hydrogen-bond donors (Lipinski definition) is 1. The van der Waals surface area contributed by atoms with E-state index >= 15 is 0 Å². The lowest BCUT2D eigenvalue weighted by atomic mass is 9.60. The topological polar surface area (TPSA) is 26.0 Å². The molecule has 0 aromatic heterocycles. The number of nitrogens with two attached hydrogens (primary N) is 1. The van der Waals surface area contributed by atoms with E-state index in [9.17, 15) is 0 Å². The van der Waals surface area contributed by atoms with Gasteiger partial charge in [0, 0.05) is 5.69 Å². The first kappa shape index (κ1) is 13.4. The molecule has 0 fully saturated rings. The van der Waals surface area contributed by atoms with E-state index in [4.69, 9.17) is 60.7 Å². The Hall–Kier alpha value is -1.05. The molecule has 14 radical (unpaired) electrons. The van der Waals surface area contributed by atoms with Crippen molar-refractivity contribution in [3.05, 3.63) is 0 Å². The smallest absolute Gasteiger partial charge is 0.115 e. The summed E-state index contributed by atoms with van der Waals surface area (Å²) in [6.45, 7) is 0. The first-order chi connectivity index (χ1) is 8.29. The average molecular weight is 212 g/mol. The van der Waals surface area contributed by atoms with Crippen LogP contribution in [-0.2, 0) is 0 Å². The molecule has 0 aliphatic carbocycles. The lowest BCUT2D eigenvalue weighted by Crippen LogP contribution is -2.52. The van der Waals surface area contributed by atoms with Crippen LogP contribution in [-0.4, -0.2) is 54.9 Å². The molecule has 0 unspecified atom stereocenters. The Morgan fingerprint density at radius 3 is 1.22 bits per heavy atom. The van der Waals surface area contributed by atoms with E-state index in [1.807, 2.05) is 0 Å². The molecule has 2 rings (SSSR count). The average Bonchev–Trinajstić information content (AvgIpc) is 2.35. The third kappa shape index (κ3) is 1.58. The predicted octanol–water partition coefficient (Wildman–Crippen LogP) is -6.02. The first-order valence-electron chi connectivity index (χ1n) is 5.06. The van der Waals surface area contributed by atoms with Gasteiger partial charge in [-0.15, -0.1) is 16.4 Å². The number of nitrogen functional groups attached to an aromatic ring is 1. The predicted molar refractivity (Wildman–Crippen MR) is 86.1 cm³/mol. The molecule has 1 nitrogen and oxygen atoms in total. The summed E-state index contributed by atoms with van der Waals surface area (Å²) in [6.07, 6.45) is 0. The number of fused-ring (bicyclic) bond motifs is 1. The molecule has 0 aliphatic rings. The van der Waals surface area contributed by atoms with Gasteiger partial charge in [0.15, 0.2) is 0 Å². The standard InChI is InChI=1S/C10H2B7N/c11-3-1-2(5(13)7(15)6(3)14)10(18)9(17)8(16)4(1)12/h18H2. The van der Waals surface area contributed by atoms with Crippen LogP contribution in [0.1, 0.15) is 0 Å². The Bertz CT molecular complexity index is 567. The van der Waals surface area contributed by atoms with Crippen LogP contribution >= 0.6 is 0 Å². The SMILES string of the molecule is [B]c1c([B])c([B])c2c(N)c([B])c([B])c([B])c2c1[B]. The third-order valence-electron chi connectivity index (χ3n) is 3.07. The lowest BCUT2D eigenvalue weighted by Gasteiger charge is -2.23. The maximum absolute atomic E-state index is 5.88. The van der Waals surface area contributed by atoms with Gasteiger partial charge in [-0.25, -0.2) is 0 Å². The van der Waals surface area contributed by atoms with Crippen molar-refractivity contribution in [2.75, 3.05) is 5.73 Å². The lowest BCUT2D eigenvalue weighted by molar-refractivity contribution is 1.92. The monoisotopic (exact) mass is 213 g/mol. The van der Waals surface area contributed by atoms with Crippen molar-refractivity contribution in [3.63, 3.8) is 0 Å². The highest BCUT2D eigenvalue weighted by atomic mass is 14.6. The molecule has 0 saturated carbocycles. The Kier molecular flexibility index (Phi) is 3.17. The van der Waals surface area contributed by atoms with Gasteiger partial charge in [-0.1, -0.05) is 21.9 Å². The van der Waals surface area contributed by atoms with Gasteiger partial charge in [0.1, 0.15) is 54.9 Å². The molecule has 0 spiro atoms. The van der Waals surface area contributed by atoms with Gasteiger partial charge in [-0.3, -0.25) is 0 Å². The number of benzene rings is 2. The molecule has 8 heteroatoms. The van der Waals surface area contributed by atoms with E-state index in [0.717, 1.165) is 0 Å². The van der Waals surface area contributed by atoms with Crippen LogP contribution in [0, 0.1) is 0 Å². The van der Waals surface area contributed by atoms with Crippen molar-refractivity contribution in [3.8, 4) is 0 Å². The minimum absolute atomic E-state index is 0.148. The minimum atomic E-state index is 0.148. The van der Waals surface area contributed by atoms with Crippen molar-refractivity contribution >= 4 is 110 Å². The van der Waals surface area contributed by atoms with Crippen LogP contribution in [0.25, 0.3) is 10.8 Å².